The first-order valence-electron chi connectivity index (χ1n) is 9.21. The number of H-pyrrole nitrogens is 1. The van der Waals surface area contributed by atoms with Gasteiger partial charge in [-0.3, -0.25) is 4.79 Å². The quantitative estimate of drug-likeness (QED) is 0.507. The molecular weight excluding hydrogens is 405 g/mol. The molecule has 0 saturated heterocycles. The number of aromatic nitrogens is 2. The summed E-state index contributed by atoms with van der Waals surface area (Å²) in [5, 5.41) is 4.01. The minimum Gasteiger partial charge on any atom is -0.355 e. The van der Waals surface area contributed by atoms with Crippen LogP contribution in [-0.2, 0) is 22.6 Å². The molecule has 154 valence electrons. The maximum atomic E-state index is 13.3. The van der Waals surface area contributed by atoms with Crippen LogP contribution in [0, 0.1) is 5.82 Å². The molecule has 0 aliphatic rings. The summed E-state index contributed by atoms with van der Waals surface area (Å²) in [7, 11) is -1.43. The lowest BCUT2D eigenvalue weighted by molar-refractivity contribution is 0.601. The van der Waals surface area contributed by atoms with E-state index in [4.69, 9.17) is 0 Å². The normalized spacial score (nSPS) is 11.7. The highest BCUT2D eigenvalue weighted by molar-refractivity contribution is 7.89. The minimum atomic E-state index is -3.22. The van der Waals surface area contributed by atoms with Crippen molar-refractivity contribution in [1.29, 1.82) is 0 Å². The van der Waals surface area contributed by atoms with E-state index in [2.05, 4.69) is 10.3 Å². The fourth-order valence-corrected chi connectivity index (χ4v) is 4.33. The number of anilines is 2. The van der Waals surface area contributed by atoms with Gasteiger partial charge in [0.1, 0.15) is 11.3 Å². The molecule has 0 spiro atoms. The molecule has 8 heteroatoms. The number of nitrogens with one attached hydrogen (secondary N) is 2. The Morgan fingerprint density at radius 1 is 1.07 bits per heavy atom. The number of halogens is 1. The molecule has 2 heterocycles. The number of hydrogen-bond acceptors (Lipinski definition) is 4. The van der Waals surface area contributed by atoms with Crippen LogP contribution in [0.1, 0.15) is 5.56 Å². The van der Waals surface area contributed by atoms with E-state index < -0.39 is 9.84 Å². The topological polar surface area (TPSA) is 84.0 Å². The zero-order valence-electron chi connectivity index (χ0n) is 16.4. The van der Waals surface area contributed by atoms with Gasteiger partial charge in [-0.25, -0.2) is 12.8 Å². The highest BCUT2D eigenvalue weighted by atomic mass is 32.2. The molecule has 0 radical (unpaired) electrons. The van der Waals surface area contributed by atoms with Gasteiger partial charge in [0.2, 0.25) is 0 Å². The lowest BCUT2D eigenvalue weighted by Gasteiger charge is -2.15. The number of sulfone groups is 1. The summed E-state index contributed by atoms with van der Waals surface area (Å²) in [5.41, 5.74) is 3.82. The first-order chi connectivity index (χ1) is 14.2. The van der Waals surface area contributed by atoms with Crippen LogP contribution >= 0.6 is 0 Å². The third kappa shape index (κ3) is 3.99. The van der Waals surface area contributed by atoms with E-state index in [9.17, 15) is 17.6 Å². The molecule has 0 aliphatic carbocycles. The summed E-state index contributed by atoms with van der Waals surface area (Å²) in [4.78, 5) is 15.1. The monoisotopic (exact) mass is 425 g/mol. The van der Waals surface area contributed by atoms with Crippen LogP contribution in [-0.4, -0.2) is 24.2 Å². The molecule has 6 nitrogen and oxygen atoms in total. The maximum absolute atomic E-state index is 13.3. The van der Waals surface area contributed by atoms with Crippen LogP contribution in [0.4, 0.5) is 15.8 Å². The Labute approximate surface area is 172 Å². The maximum Gasteiger partial charge on any atom is 0.272 e. The van der Waals surface area contributed by atoms with E-state index in [1.165, 1.54) is 18.4 Å². The molecule has 2 aromatic heterocycles. The molecule has 0 bridgehead atoms. The van der Waals surface area contributed by atoms with Gasteiger partial charge in [0.25, 0.3) is 5.56 Å². The van der Waals surface area contributed by atoms with Crippen molar-refractivity contribution in [2.75, 3.05) is 11.6 Å². The zero-order chi connectivity index (χ0) is 21.5. The molecule has 0 atom stereocenters. The van der Waals surface area contributed by atoms with Gasteiger partial charge in [-0.15, -0.1) is 0 Å². The van der Waals surface area contributed by atoms with Crippen molar-refractivity contribution in [3.05, 3.63) is 82.7 Å². The summed E-state index contributed by atoms with van der Waals surface area (Å²) in [6.07, 6.45) is 4.61. The molecule has 0 saturated carbocycles. The lowest BCUT2D eigenvalue weighted by atomic mass is 9.99. The van der Waals surface area contributed by atoms with Crippen molar-refractivity contribution in [2.24, 2.45) is 7.05 Å². The second kappa shape index (κ2) is 7.46. The van der Waals surface area contributed by atoms with E-state index >= 15 is 0 Å². The molecule has 0 unspecified atom stereocenters. The molecule has 2 aromatic carbocycles. The van der Waals surface area contributed by atoms with Gasteiger partial charge in [-0.2, -0.15) is 0 Å². The van der Waals surface area contributed by atoms with Crippen molar-refractivity contribution >= 4 is 32.1 Å². The molecule has 0 aliphatic heterocycles. The zero-order valence-corrected chi connectivity index (χ0v) is 17.3. The van der Waals surface area contributed by atoms with Crippen LogP contribution in [0.25, 0.3) is 22.0 Å². The van der Waals surface area contributed by atoms with Gasteiger partial charge < -0.3 is 14.9 Å². The molecule has 2 N–H and O–H groups in total. The Morgan fingerprint density at radius 3 is 2.50 bits per heavy atom. The predicted molar refractivity (Wildman–Crippen MR) is 117 cm³/mol. The fourth-order valence-electron chi connectivity index (χ4n) is 3.54. The van der Waals surface area contributed by atoms with Gasteiger partial charge in [-0.05, 0) is 48.0 Å². The molecule has 4 rings (SSSR count). The van der Waals surface area contributed by atoms with Crippen LogP contribution in [0.3, 0.4) is 0 Å². The number of hydrogen-bond donors (Lipinski definition) is 2. The van der Waals surface area contributed by atoms with Gasteiger partial charge in [0.05, 0.1) is 5.75 Å². The van der Waals surface area contributed by atoms with Crippen molar-refractivity contribution in [2.45, 2.75) is 5.75 Å². The van der Waals surface area contributed by atoms with Crippen LogP contribution in [0.2, 0.25) is 0 Å². The van der Waals surface area contributed by atoms with Crippen LogP contribution in [0.15, 0.2) is 65.7 Å². The van der Waals surface area contributed by atoms with E-state index in [0.717, 1.165) is 16.5 Å². The second-order valence-corrected chi connectivity index (χ2v) is 9.44. The summed E-state index contributed by atoms with van der Waals surface area (Å²) in [5.74, 6) is -0.436. The molecule has 4 aromatic rings. The Morgan fingerprint density at radius 2 is 1.80 bits per heavy atom. The van der Waals surface area contributed by atoms with E-state index in [1.807, 2.05) is 6.07 Å². The van der Waals surface area contributed by atoms with E-state index in [1.54, 1.807) is 54.3 Å². The predicted octanol–water partition coefficient (Wildman–Crippen LogP) is 3.96. The number of aryl methyl sites for hydroxylation is 1. The van der Waals surface area contributed by atoms with Crippen molar-refractivity contribution < 1.29 is 12.8 Å². The average molecular weight is 425 g/mol. The van der Waals surface area contributed by atoms with Crippen molar-refractivity contribution in [3.63, 3.8) is 0 Å². The largest absolute Gasteiger partial charge is 0.355 e. The second-order valence-electron chi connectivity index (χ2n) is 7.30. The van der Waals surface area contributed by atoms with Crippen molar-refractivity contribution in [1.82, 2.24) is 9.55 Å². The van der Waals surface area contributed by atoms with E-state index in [0.29, 0.717) is 22.5 Å². The highest BCUT2D eigenvalue weighted by Crippen LogP contribution is 2.35. The molecule has 30 heavy (non-hydrogen) atoms. The number of rotatable bonds is 5. The lowest BCUT2D eigenvalue weighted by Crippen LogP contribution is -2.09. The SMILES string of the molecule is Cn1ccc2c(-c3cc(CS(C)(=O)=O)ccc3Nc3ccc(F)cc3)c[nH]c(=O)c21. The minimum absolute atomic E-state index is 0.0991. The Bertz CT molecular complexity index is 1400. The smallest absolute Gasteiger partial charge is 0.272 e. The summed E-state index contributed by atoms with van der Waals surface area (Å²) >= 11 is 0. The fraction of sp³-hybridized carbons (Fsp3) is 0.136. The van der Waals surface area contributed by atoms with Crippen LogP contribution in [0.5, 0.6) is 0 Å². The molecular formula is C22H20FN3O3S. The van der Waals surface area contributed by atoms with E-state index in [-0.39, 0.29) is 17.1 Å². The molecule has 0 amide bonds. The standard InChI is InChI=1S/C22H20FN3O3S/c1-26-10-9-17-19(12-24-22(27)21(17)26)18-11-14(13-30(2,28)29)3-8-20(18)25-16-6-4-15(23)5-7-16/h3-12,25H,13H2,1-2H3,(H,24,27). The first kappa shape index (κ1) is 19.9. The van der Waals surface area contributed by atoms with Crippen LogP contribution < -0.4 is 10.9 Å². The summed E-state index contributed by atoms with van der Waals surface area (Å²) in [6.45, 7) is 0. The number of fused-ring (bicyclic) bond motifs is 1. The third-order valence-electron chi connectivity index (χ3n) is 4.85. The van der Waals surface area contributed by atoms with Gasteiger partial charge in [-0.1, -0.05) is 6.07 Å². The van der Waals surface area contributed by atoms with Gasteiger partial charge >= 0.3 is 0 Å². The van der Waals surface area contributed by atoms with Gasteiger partial charge in [0, 0.05) is 53.6 Å². The van der Waals surface area contributed by atoms with Gasteiger partial charge in [0.15, 0.2) is 9.84 Å². The Balaban J connectivity index is 1.91. The molecule has 0 fully saturated rings. The summed E-state index contributed by atoms with van der Waals surface area (Å²) < 4.78 is 38.6. The summed E-state index contributed by atoms with van der Waals surface area (Å²) in [6, 6.07) is 13.1. The first-order valence-corrected chi connectivity index (χ1v) is 11.3. The number of nitrogens with zero attached hydrogens (tertiary/aromatic N) is 1. The number of aromatic amines is 1. The van der Waals surface area contributed by atoms with Crippen molar-refractivity contribution in [3.8, 4) is 11.1 Å². The highest BCUT2D eigenvalue weighted by Gasteiger charge is 2.15. The average Bonchev–Trinajstić information content (AvgIpc) is 3.07. The Kier molecular flexibility index (Phi) is 4.95. The number of pyridine rings is 1. The Hall–Kier alpha value is -3.39. The number of benzene rings is 2. The third-order valence-corrected chi connectivity index (χ3v) is 5.71.